The van der Waals surface area contributed by atoms with Crippen LogP contribution in [0, 0.1) is 5.92 Å². The summed E-state index contributed by atoms with van der Waals surface area (Å²) in [6.07, 6.45) is -1.00. The van der Waals surface area contributed by atoms with Crippen LogP contribution in [0.4, 0.5) is 4.79 Å². The lowest BCUT2D eigenvalue weighted by molar-refractivity contribution is -0.00529. The minimum Gasteiger partial charge on any atom is -0.444 e. The number of rotatable bonds is 5. The van der Waals surface area contributed by atoms with E-state index in [0.717, 1.165) is 5.56 Å². The molecule has 4 atom stereocenters. The molecule has 1 aromatic carbocycles. The second kappa shape index (κ2) is 8.79. The highest BCUT2D eigenvalue weighted by atomic mass is 35.5. The molecule has 1 heterocycles. The third kappa shape index (κ3) is 5.03. The van der Waals surface area contributed by atoms with Gasteiger partial charge in [-0.25, -0.2) is 4.79 Å². The van der Waals surface area contributed by atoms with Gasteiger partial charge >= 0.3 is 6.09 Å². The molecule has 146 valence electrons. The van der Waals surface area contributed by atoms with Gasteiger partial charge in [0.25, 0.3) is 0 Å². The van der Waals surface area contributed by atoms with Crippen LogP contribution in [0.15, 0.2) is 24.3 Å². The van der Waals surface area contributed by atoms with E-state index in [9.17, 15) is 15.0 Å². The van der Waals surface area contributed by atoms with Crippen molar-refractivity contribution in [2.45, 2.75) is 50.9 Å². The molecule has 0 bridgehead atoms. The number of carbonyl (C=O) groups excluding carboxylic acids is 1. The Hall–Kier alpha value is -1.01. The van der Waals surface area contributed by atoms with Crippen LogP contribution in [0.2, 0.25) is 5.02 Å². The van der Waals surface area contributed by atoms with E-state index in [1.54, 1.807) is 32.9 Å². The second-order valence-electron chi connectivity index (χ2n) is 7.67. The number of benzene rings is 1. The van der Waals surface area contributed by atoms with E-state index in [1.807, 2.05) is 12.1 Å². The summed E-state index contributed by atoms with van der Waals surface area (Å²) in [6, 6.07) is 6.78. The van der Waals surface area contributed by atoms with Crippen molar-refractivity contribution in [2.75, 3.05) is 19.0 Å². The highest BCUT2D eigenvalue weighted by Crippen LogP contribution is 2.40. The Morgan fingerprint density at radius 3 is 2.46 bits per heavy atom. The van der Waals surface area contributed by atoms with Gasteiger partial charge in [0, 0.05) is 35.9 Å². The maximum atomic E-state index is 12.7. The van der Waals surface area contributed by atoms with Gasteiger partial charge in [0.2, 0.25) is 0 Å². The van der Waals surface area contributed by atoms with Crippen molar-refractivity contribution in [2.24, 2.45) is 5.92 Å². The molecule has 0 saturated carbocycles. The average molecular weight is 404 g/mol. The van der Waals surface area contributed by atoms with Gasteiger partial charge in [-0.05, 0) is 44.9 Å². The Morgan fingerprint density at radius 1 is 1.35 bits per heavy atom. The molecule has 5 nitrogen and oxygen atoms in total. The Kier molecular flexibility index (Phi) is 7.19. The number of alkyl halides is 1. The Balaban J connectivity index is 2.34. The Bertz CT molecular complexity index is 603. The van der Waals surface area contributed by atoms with Crippen LogP contribution >= 0.6 is 23.2 Å². The van der Waals surface area contributed by atoms with Crippen molar-refractivity contribution in [3.63, 3.8) is 0 Å². The number of nitrogens with zero attached hydrogens (tertiary/aromatic N) is 1. The van der Waals surface area contributed by atoms with Crippen molar-refractivity contribution in [3.05, 3.63) is 34.9 Å². The van der Waals surface area contributed by atoms with Crippen molar-refractivity contribution >= 4 is 29.3 Å². The minimum absolute atomic E-state index is 0.125. The predicted octanol–water partition coefficient (Wildman–Crippen LogP) is 3.64. The first kappa shape index (κ1) is 21.3. The summed E-state index contributed by atoms with van der Waals surface area (Å²) in [5.74, 6) is -0.175. The average Bonchev–Trinajstić information content (AvgIpc) is 2.94. The summed E-state index contributed by atoms with van der Waals surface area (Å²) >= 11 is 11.8. The molecule has 0 radical (unpaired) electrons. The molecular formula is C19H27Cl2NO4. The van der Waals surface area contributed by atoms with Gasteiger partial charge < -0.3 is 19.8 Å². The monoisotopic (exact) mass is 403 g/mol. The third-order valence-electron chi connectivity index (χ3n) is 4.64. The quantitative estimate of drug-likeness (QED) is 0.736. The predicted molar refractivity (Wildman–Crippen MR) is 103 cm³/mol. The van der Waals surface area contributed by atoms with Gasteiger partial charge in [-0.3, -0.25) is 0 Å². The van der Waals surface area contributed by atoms with Crippen molar-refractivity contribution in [1.82, 2.24) is 4.90 Å². The summed E-state index contributed by atoms with van der Waals surface area (Å²) in [6.45, 7) is 5.59. The van der Waals surface area contributed by atoms with Crippen LogP contribution in [0.1, 0.15) is 38.7 Å². The highest BCUT2D eigenvalue weighted by Gasteiger charge is 2.48. The first-order valence-electron chi connectivity index (χ1n) is 8.78. The lowest BCUT2D eigenvalue weighted by Gasteiger charge is -2.33. The molecule has 1 saturated heterocycles. The van der Waals surface area contributed by atoms with Gasteiger partial charge in [-0.15, -0.1) is 11.6 Å². The van der Waals surface area contributed by atoms with Crippen molar-refractivity contribution < 1.29 is 19.7 Å². The van der Waals surface area contributed by atoms with Crippen LogP contribution in [-0.2, 0) is 4.74 Å². The van der Waals surface area contributed by atoms with Gasteiger partial charge in [-0.1, -0.05) is 23.7 Å². The number of hydrogen-bond acceptors (Lipinski definition) is 4. The fraction of sp³-hybridized carbons (Fsp3) is 0.632. The number of carbonyl (C=O) groups is 1. The molecule has 0 unspecified atom stereocenters. The normalized spacial score (nSPS) is 24.6. The van der Waals surface area contributed by atoms with E-state index < -0.39 is 23.8 Å². The van der Waals surface area contributed by atoms with Crippen LogP contribution < -0.4 is 0 Å². The topological polar surface area (TPSA) is 70.0 Å². The van der Waals surface area contributed by atoms with Crippen molar-refractivity contribution in [1.29, 1.82) is 0 Å². The number of aliphatic hydroxyl groups excluding tert-OH is 2. The fourth-order valence-electron chi connectivity index (χ4n) is 3.53. The number of aliphatic hydroxyl groups is 2. The number of amides is 1. The zero-order chi connectivity index (χ0) is 19.5. The van der Waals surface area contributed by atoms with Gasteiger partial charge in [0.15, 0.2) is 0 Å². The van der Waals surface area contributed by atoms with Crippen molar-refractivity contribution in [3.8, 4) is 0 Å². The zero-order valence-electron chi connectivity index (χ0n) is 15.4. The maximum absolute atomic E-state index is 12.7. The first-order chi connectivity index (χ1) is 12.2. The van der Waals surface area contributed by atoms with E-state index in [-0.39, 0.29) is 24.3 Å². The Labute approximate surface area is 164 Å². The second-order valence-corrected chi connectivity index (χ2v) is 8.49. The molecular weight excluding hydrogens is 377 g/mol. The van der Waals surface area contributed by atoms with Gasteiger partial charge in [0.1, 0.15) is 5.60 Å². The minimum atomic E-state index is -0.838. The maximum Gasteiger partial charge on any atom is 0.410 e. The highest BCUT2D eigenvalue weighted by molar-refractivity contribution is 6.30. The number of likely N-dealkylation sites (tertiary alicyclic amines) is 1. The summed E-state index contributed by atoms with van der Waals surface area (Å²) in [5.41, 5.74) is 0.314. The molecule has 0 aromatic heterocycles. The van der Waals surface area contributed by atoms with E-state index in [4.69, 9.17) is 27.9 Å². The first-order valence-corrected chi connectivity index (χ1v) is 9.69. The number of halogens is 2. The molecule has 1 amide bonds. The third-order valence-corrected chi connectivity index (χ3v) is 5.12. The van der Waals surface area contributed by atoms with E-state index >= 15 is 0 Å². The fourth-order valence-corrected chi connectivity index (χ4v) is 3.88. The van der Waals surface area contributed by atoms with Crippen LogP contribution in [0.3, 0.4) is 0 Å². The molecule has 1 aromatic rings. The van der Waals surface area contributed by atoms with Crippen LogP contribution in [0.25, 0.3) is 0 Å². The van der Waals surface area contributed by atoms with Crippen LogP contribution in [0.5, 0.6) is 0 Å². The molecule has 2 rings (SSSR count). The molecule has 1 aliphatic heterocycles. The number of ether oxygens (including phenoxy) is 1. The molecule has 2 N–H and O–H groups in total. The van der Waals surface area contributed by atoms with E-state index in [0.29, 0.717) is 18.0 Å². The zero-order valence-corrected chi connectivity index (χ0v) is 16.9. The Morgan fingerprint density at radius 2 is 1.96 bits per heavy atom. The molecule has 1 fully saturated rings. The van der Waals surface area contributed by atoms with E-state index in [2.05, 4.69) is 0 Å². The number of hydrogen-bond donors (Lipinski definition) is 2. The summed E-state index contributed by atoms with van der Waals surface area (Å²) < 4.78 is 5.52. The molecule has 1 aliphatic rings. The SMILES string of the molecule is CC(C)(C)OC(=O)N1C[C@H](c2ccc(Cl)cc2)[C@@H](CO)[C@H]1[C@H](O)CCCl. The molecule has 0 spiro atoms. The molecule has 0 aliphatic carbocycles. The summed E-state index contributed by atoms with van der Waals surface area (Å²) in [5, 5.41) is 21.3. The molecule has 7 heteroatoms. The molecule has 26 heavy (non-hydrogen) atoms. The lowest BCUT2D eigenvalue weighted by Crippen LogP contribution is -2.48. The van der Waals surface area contributed by atoms with E-state index in [1.165, 1.54) is 4.90 Å². The largest absolute Gasteiger partial charge is 0.444 e. The van der Waals surface area contributed by atoms with Gasteiger partial charge in [0.05, 0.1) is 12.1 Å². The summed E-state index contributed by atoms with van der Waals surface area (Å²) in [4.78, 5) is 14.3. The van der Waals surface area contributed by atoms with Gasteiger partial charge in [-0.2, -0.15) is 0 Å². The standard InChI is InChI=1S/C19H27Cl2NO4/c1-19(2,3)26-18(25)22-10-14(12-4-6-13(21)7-5-12)15(11-23)17(22)16(24)8-9-20/h4-7,14-17,23-24H,8-11H2,1-3H3/t14-,15-,16-,17+/m1/s1. The lowest BCUT2D eigenvalue weighted by atomic mass is 9.83. The smallest absolute Gasteiger partial charge is 0.410 e. The summed E-state index contributed by atoms with van der Waals surface area (Å²) in [7, 11) is 0. The van der Waals surface area contributed by atoms with Crippen LogP contribution in [-0.4, -0.2) is 58.0 Å².